The lowest BCUT2D eigenvalue weighted by Gasteiger charge is -2.03. The Labute approximate surface area is 117 Å². The molecule has 0 saturated heterocycles. The monoisotopic (exact) mass is 274 g/mol. The third kappa shape index (κ3) is 4.00. The van der Waals surface area contributed by atoms with Gasteiger partial charge in [0.15, 0.2) is 0 Å². The summed E-state index contributed by atoms with van der Waals surface area (Å²) < 4.78 is 5.37. The maximum atomic E-state index is 6.01. The molecule has 0 bridgehead atoms. The van der Waals surface area contributed by atoms with E-state index in [4.69, 9.17) is 16.3 Å². The fourth-order valence-electron chi connectivity index (χ4n) is 1.55. The third-order valence-electron chi connectivity index (χ3n) is 2.46. The maximum Gasteiger partial charge on any atom is 0.119 e. The number of anilines is 1. The normalized spacial score (nSPS) is 10.6. The van der Waals surface area contributed by atoms with E-state index < -0.39 is 0 Å². The van der Waals surface area contributed by atoms with Crippen LogP contribution in [-0.4, -0.2) is 12.8 Å². The number of para-hydroxylation sites is 1. The molecular weight excluding hydrogens is 260 g/mol. The first-order chi connectivity index (χ1) is 9.29. The summed E-state index contributed by atoms with van der Waals surface area (Å²) in [4.78, 5) is 0. The summed E-state index contributed by atoms with van der Waals surface area (Å²) in [5.74, 6) is 0.860. The predicted molar refractivity (Wildman–Crippen MR) is 80.3 cm³/mol. The van der Waals surface area contributed by atoms with Crippen LogP contribution in [0, 0.1) is 0 Å². The average molecular weight is 275 g/mol. The highest BCUT2D eigenvalue weighted by Crippen LogP contribution is 2.20. The number of benzene rings is 2. The van der Waals surface area contributed by atoms with Crippen molar-refractivity contribution in [2.24, 2.45) is 5.10 Å². The first-order valence-corrected chi connectivity index (χ1v) is 6.44. The molecule has 0 aromatic heterocycles. The number of hydrogen-bond acceptors (Lipinski definition) is 3. The number of hydrazone groups is 1. The molecule has 0 amide bonds. The van der Waals surface area contributed by atoms with Crippen LogP contribution in [0.15, 0.2) is 53.6 Å². The fourth-order valence-corrected chi connectivity index (χ4v) is 1.72. The SMILES string of the molecule is CCOc1ccc(/C=N\Nc2ccccc2Cl)cc1. The van der Waals surface area contributed by atoms with E-state index in [1.54, 1.807) is 6.21 Å². The summed E-state index contributed by atoms with van der Waals surface area (Å²) >= 11 is 6.01. The van der Waals surface area contributed by atoms with Gasteiger partial charge in [0.2, 0.25) is 0 Å². The zero-order valence-corrected chi connectivity index (χ0v) is 11.4. The highest BCUT2D eigenvalue weighted by molar-refractivity contribution is 6.33. The summed E-state index contributed by atoms with van der Waals surface area (Å²) in [5, 5.41) is 4.79. The van der Waals surface area contributed by atoms with Gasteiger partial charge < -0.3 is 4.74 Å². The molecule has 0 saturated carbocycles. The fraction of sp³-hybridized carbons (Fsp3) is 0.133. The molecule has 0 aliphatic rings. The van der Waals surface area contributed by atoms with Gasteiger partial charge in [-0.15, -0.1) is 0 Å². The Morgan fingerprint density at radius 3 is 2.58 bits per heavy atom. The van der Waals surface area contributed by atoms with Crippen LogP contribution in [0.3, 0.4) is 0 Å². The lowest BCUT2D eigenvalue weighted by atomic mass is 10.2. The number of ether oxygens (including phenoxy) is 1. The van der Waals surface area contributed by atoms with Gasteiger partial charge in [0.25, 0.3) is 0 Å². The topological polar surface area (TPSA) is 33.6 Å². The Bertz CT molecular complexity index is 552. The van der Waals surface area contributed by atoms with Gasteiger partial charge in [0, 0.05) is 0 Å². The Hall–Kier alpha value is -2.00. The van der Waals surface area contributed by atoms with Crippen molar-refractivity contribution in [2.75, 3.05) is 12.0 Å². The van der Waals surface area contributed by atoms with Crippen molar-refractivity contribution >= 4 is 23.5 Å². The summed E-state index contributed by atoms with van der Waals surface area (Å²) in [6.45, 7) is 2.63. The van der Waals surface area contributed by atoms with Crippen molar-refractivity contribution in [2.45, 2.75) is 6.92 Å². The Morgan fingerprint density at radius 1 is 1.16 bits per heavy atom. The van der Waals surface area contributed by atoms with E-state index in [1.807, 2.05) is 55.5 Å². The number of nitrogens with zero attached hydrogens (tertiary/aromatic N) is 1. The summed E-state index contributed by atoms with van der Waals surface area (Å²) in [6, 6.07) is 15.2. The molecule has 2 aromatic rings. The second-order valence-corrected chi connectivity index (χ2v) is 4.26. The van der Waals surface area contributed by atoms with Gasteiger partial charge in [0.1, 0.15) is 5.75 Å². The summed E-state index contributed by atoms with van der Waals surface area (Å²) in [7, 11) is 0. The lowest BCUT2D eigenvalue weighted by molar-refractivity contribution is 0.340. The van der Waals surface area contributed by atoms with Crippen molar-refractivity contribution in [1.82, 2.24) is 0 Å². The van der Waals surface area contributed by atoms with Gasteiger partial charge in [-0.25, -0.2) is 0 Å². The van der Waals surface area contributed by atoms with E-state index in [9.17, 15) is 0 Å². The van der Waals surface area contributed by atoms with Crippen molar-refractivity contribution in [3.8, 4) is 5.75 Å². The molecule has 0 aliphatic carbocycles. The summed E-state index contributed by atoms with van der Waals surface area (Å²) in [5.41, 5.74) is 4.68. The molecule has 3 nitrogen and oxygen atoms in total. The van der Waals surface area contributed by atoms with Crippen LogP contribution < -0.4 is 10.2 Å². The van der Waals surface area contributed by atoms with Crippen LogP contribution in [0.5, 0.6) is 5.75 Å². The molecule has 0 spiro atoms. The lowest BCUT2D eigenvalue weighted by Crippen LogP contribution is -1.93. The third-order valence-corrected chi connectivity index (χ3v) is 2.79. The van der Waals surface area contributed by atoms with Gasteiger partial charge in [0.05, 0.1) is 23.5 Å². The quantitative estimate of drug-likeness (QED) is 0.655. The molecule has 0 heterocycles. The van der Waals surface area contributed by atoms with Gasteiger partial charge in [-0.2, -0.15) is 5.10 Å². The average Bonchev–Trinajstić information content (AvgIpc) is 2.43. The van der Waals surface area contributed by atoms with Gasteiger partial charge in [-0.1, -0.05) is 23.7 Å². The molecular formula is C15H15ClN2O. The Balaban J connectivity index is 1.97. The molecule has 0 unspecified atom stereocenters. The summed E-state index contributed by atoms with van der Waals surface area (Å²) in [6.07, 6.45) is 1.74. The standard InChI is InChI=1S/C15H15ClN2O/c1-2-19-13-9-7-12(8-10-13)11-17-18-15-6-4-3-5-14(15)16/h3-11,18H,2H2,1H3/b17-11-. The number of hydrogen-bond donors (Lipinski definition) is 1. The first kappa shape index (κ1) is 13.4. The van der Waals surface area contributed by atoms with Crippen LogP contribution in [-0.2, 0) is 0 Å². The highest BCUT2D eigenvalue weighted by Gasteiger charge is 1.95. The van der Waals surface area contributed by atoms with Crippen LogP contribution in [0.2, 0.25) is 5.02 Å². The van der Waals surface area contributed by atoms with Crippen LogP contribution in [0.1, 0.15) is 12.5 Å². The predicted octanol–water partition coefficient (Wildman–Crippen LogP) is 4.18. The molecule has 2 rings (SSSR count). The molecule has 1 N–H and O–H groups in total. The highest BCUT2D eigenvalue weighted by atomic mass is 35.5. The van der Waals surface area contributed by atoms with Crippen molar-refractivity contribution < 1.29 is 4.74 Å². The smallest absolute Gasteiger partial charge is 0.119 e. The van der Waals surface area contributed by atoms with E-state index in [-0.39, 0.29) is 0 Å². The molecule has 4 heteroatoms. The van der Waals surface area contributed by atoms with Gasteiger partial charge >= 0.3 is 0 Å². The molecule has 0 aliphatic heterocycles. The minimum Gasteiger partial charge on any atom is -0.494 e. The van der Waals surface area contributed by atoms with Gasteiger partial charge in [-0.05, 0) is 48.9 Å². The number of halogens is 1. The zero-order chi connectivity index (χ0) is 13.5. The molecule has 19 heavy (non-hydrogen) atoms. The second-order valence-electron chi connectivity index (χ2n) is 3.85. The van der Waals surface area contributed by atoms with E-state index >= 15 is 0 Å². The van der Waals surface area contributed by atoms with E-state index in [1.165, 1.54) is 0 Å². The number of nitrogens with one attached hydrogen (secondary N) is 1. The molecule has 0 atom stereocenters. The van der Waals surface area contributed by atoms with Crippen molar-refractivity contribution in [3.63, 3.8) is 0 Å². The minimum absolute atomic E-state index is 0.645. The first-order valence-electron chi connectivity index (χ1n) is 6.06. The Morgan fingerprint density at radius 2 is 1.89 bits per heavy atom. The van der Waals surface area contributed by atoms with E-state index in [0.717, 1.165) is 17.0 Å². The van der Waals surface area contributed by atoms with Crippen LogP contribution in [0.4, 0.5) is 5.69 Å². The van der Waals surface area contributed by atoms with E-state index in [0.29, 0.717) is 11.6 Å². The van der Waals surface area contributed by atoms with Crippen molar-refractivity contribution in [3.05, 3.63) is 59.1 Å². The van der Waals surface area contributed by atoms with Crippen LogP contribution >= 0.6 is 11.6 Å². The molecule has 2 aromatic carbocycles. The maximum absolute atomic E-state index is 6.01. The Kier molecular flexibility index (Phi) is 4.81. The number of rotatable bonds is 5. The molecule has 98 valence electrons. The molecule has 0 radical (unpaired) electrons. The molecule has 0 fully saturated rings. The second kappa shape index (κ2) is 6.81. The van der Waals surface area contributed by atoms with Crippen LogP contribution in [0.25, 0.3) is 0 Å². The van der Waals surface area contributed by atoms with E-state index in [2.05, 4.69) is 10.5 Å². The zero-order valence-electron chi connectivity index (χ0n) is 10.6. The largest absolute Gasteiger partial charge is 0.494 e. The van der Waals surface area contributed by atoms with Crippen molar-refractivity contribution in [1.29, 1.82) is 0 Å². The minimum atomic E-state index is 0.645. The van der Waals surface area contributed by atoms with Gasteiger partial charge in [-0.3, -0.25) is 5.43 Å².